The van der Waals surface area contributed by atoms with Crippen molar-refractivity contribution in [3.05, 3.63) is 23.8 Å². The van der Waals surface area contributed by atoms with E-state index >= 15 is 0 Å². The molecule has 0 radical (unpaired) electrons. The van der Waals surface area contributed by atoms with Crippen molar-refractivity contribution in [2.75, 3.05) is 24.3 Å². The lowest BCUT2D eigenvalue weighted by molar-refractivity contribution is 0.128. The van der Waals surface area contributed by atoms with Crippen molar-refractivity contribution in [3.63, 3.8) is 0 Å². The van der Waals surface area contributed by atoms with Gasteiger partial charge in [0.05, 0.1) is 25.6 Å². The zero-order valence-electron chi connectivity index (χ0n) is 10.7. The van der Waals surface area contributed by atoms with Crippen LogP contribution in [0.4, 0.5) is 21.0 Å². The van der Waals surface area contributed by atoms with Gasteiger partial charge in [0.25, 0.3) is 0 Å². The Bertz CT molecular complexity index is 450. The van der Waals surface area contributed by atoms with Gasteiger partial charge in [-0.2, -0.15) is 10.1 Å². The van der Waals surface area contributed by atoms with E-state index in [1.165, 1.54) is 32.4 Å². The minimum atomic E-state index is -1.32. The Hall–Kier alpha value is -2.32. The van der Waals surface area contributed by atoms with E-state index in [1.807, 2.05) is 0 Å². The molecule has 0 unspecified atom stereocenters. The van der Waals surface area contributed by atoms with Gasteiger partial charge in [0, 0.05) is 0 Å². The van der Waals surface area contributed by atoms with Gasteiger partial charge in [-0.15, -0.1) is 0 Å². The van der Waals surface area contributed by atoms with E-state index < -0.39 is 12.2 Å². The first-order valence-electron chi connectivity index (χ1n) is 5.16. The van der Waals surface area contributed by atoms with E-state index in [0.717, 1.165) is 0 Å². The molecule has 0 aliphatic rings. The predicted octanol–water partition coefficient (Wildman–Crippen LogP) is 2.09. The fourth-order valence-electron chi connectivity index (χ4n) is 1.57. The van der Waals surface area contributed by atoms with E-state index in [2.05, 4.69) is 0 Å². The first kappa shape index (κ1) is 14.7. The summed E-state index contributed by atoms with van der Waals surface area (Å²) in [5, 5.41) is 19.1. The Morgan fingerprint density at radius 1 is 0.947 bits per heavy atom. The number of benzene rings is 1. The molecule has 2 amide bonds. The molecule has 1 aromatic rings. The lowest BCUT2D eigenvalue weighted by Crippen LogP contribution is -2.30. The minimum absolute atomic E-state index is 0.174. The third-order valence-electron chi connectivity index (χ3n) is 2.23. The summed E-state index contributed by atoms with van der Waals surface area (Å²) in [7, 11) is 2.39. The maximum Gasteiger partial charge on any atom is 0.436 e. The van der Waals surface area contributed by atoms with Crippen LogP contribution in [-0.4, -0.2) is 36.6 Å². The SMILES string of the molecule is CON(C(=O)O)c1cc(C)cc(N(OC)C(=O)O)c1. The highest BCUT2D eigenvalue weighted by atomic mass is 16.7. The largest absolute Gasteiger partial charge is 0.463 e. The van der Waals surface area contributed by atoms with Gasteiger partial charge in [-0.05, 0) is 30.7 Å². The number of hydrogen-bond donors (Lipinski definition) is 2. The quantitative estimate of drug-likeness (QED) is 0.812. The van der Waals surface area contributed by atoms with E-state index in [0.29, 0.717) is 15.7 Å². The van der Waals surface area contributed by atoms with Crippen LogP contribution in [0.5, 0.6) is 0 Å². The topological polar surface area (TPSA) is 99.5 Å². The number of carbonyl (C=O) groups is 2. The highest BCUT2D eigenvalue weighted by Crippen LogP contribution is 2.25. The number of aryl methyl sites for hydroxylation is 1. The van der Waals surface area contributed by atoms with Crippen LogP contribution in [-0.2, 0) is 9.68 Å². The molecule has 0 aliphatic heterocycles. The van der Waals surface area contributed by atoms with Gasteiger partial charge in [-0.25, -0.2) is 9.59 Å². The highest BCUT2D eigenvalue weighted by Gasteiger charge is 2.19. The van der Waals surface area contributed by atoms with Crippen LogP contribution in [0, 0.1) is 6.92 Å². The lowest BCUT2D eigenvalue weighted by atomic mass is 10.2. The average molecular weight is 270 g/mol. The summed E-state index contributed by atoms with van der Waals surface area (Å²) < 4.78 is 0. The fraction of sp³-hybridized carbons (Fsp3) is 0.273. The predicted molar refractivity (Wildman–Crippen MR) is 66.2 cm³/mol. The summed E-state index contributed by atoms with van der Waals surface area (Å²) >= 11 is 0. The van der Waals surface area contributed by atoms with Crippen LogP contribution >= 0.6 is 0 Å². The molecule has 2 N–H and O–H groups in total. The molecule has 104 valence electrons. The summed E-state index contributed by atoms with van der Waals surface area (Å²) in [6.07, 6.45) is -2.64. The molecule has 0 spiro atoms. The molecule has 0 bridgehead atoms. The van der Waals surface area contributed by atoms with Crippen LogP contribution in [0.3, 0.4) is 0 Å². The minimum Gasteiger partial charge on any atom is -0.463 e. The van der Waals surface area contributed by atoms with Gasteiger partial charge in [-0.3, -0.25) is 9.68 Å². The maximum atomic E-state index is 11.0. The number of carboxylic acid groups (broad SMARTS) is 2. The van der Waals surface area contributed by atoms with Gasteiger partial charge >= 0.3 is 12.2 Å². The molecule has 1 rings (SSSR count). The molecule has 19 heavy (non-hydrogen) atoms. The maximum absolute atomic E-state index is 11.0. The van der Waals surface area contributed by atoms with Crippen LogP contribution < -0.4 is 10.1 Å². The summed E-state index contributed by atoms with van der Waals surface area (Å²) in [6.45, 7) is 1.69. The first-order valence-corrected chi connectivity index (χ1v) is 5.16. The number of nitrogens with zero attached hydrogens (tertiary/aromatic N) is 2. The van der Waals surface area contributed by atoms with Crippen molar-refractivity contribution < 1.29 is 29.5 Å². The van der Waals surface area contributed by atoms with Crippen molar-refractivity contribution in [2.24, 2.45) is 0 Å². The molecule has 8 heteroatoms. The smallest absolute Gasteiger partial charge is 0.436 e. The van der Waals surface area contributed by atoms with Gasteiger partial charge in [-0.1, -0.05) is 0 Å². The number of rotatable bonds is 4. The number of amides is 2. The molecule has 1 aromatic carbocycles. The molecular formula is C11H14N2O6. The van der Waals surface area contributed by atoms with E-state index in [4.69, 9.17) is 19.9 Å². The molecule has 0 aliphatic carbocycles. The van der Waals surface area contributed by atoms with Crippen LogP contribution in [0.15, 0.2) is 18.2 Å². The highest BCUT2D eigenvalue weighted by molar-refractivity contribution is 5.88. The second-order valence-electron chi connectivity index (χ2n) is 3.55. The van der Waals surface area contributed by atoms with E-state index in [-0.39, 0.29) is 11.4 Å². The summed E-state index contributed by atoms with van der Waals surface area (Å²) in [5.41, 5.74) is 1.00. The molecular weight excluding hydrogens is 256 g/mol. The van der Waals surface area contributed by atoms with Crippen molar-refractivity contribution in [2.45, 2.75) is 6.92 Å². The lowest BCUT2D eigenvalue weighted by Gasteiger charge is -2.20. The Morgan fingerprint density at radius 2 is 1.32 bits per heavy atom. The van der Waals surface area contributed by atoms with Crippen molar-refractivity contribution >= 4 is 23.6 Å². The van der Waals surface area contributed by atoms with Gasteiger partial charge in [0.1, 0.15) is 0 Å². The first-order chi connectivity index (χ1) is 8.90. The Labute approximate surface area is 109 Å². The normalized spacial score (nSPS) is 10.1. The van der Waals surface area contributed by atoms with Crippen LogP contribution in [0.1, 0.15) is 5.56 Å². The molecule has 0 aromatic heterocycles. The molecule has 0 saturated heterocycles. The standard InChI is InChI=1S/C11H14N2O6/c1-7-4-8(12(18-2)10(14)15)6-9(5-7)13(19-3)11(16)17/h4-6H,1-3H3,(H,14,15)(H,16,17). The molecule has 0 heterocycles. The number of hydrogen-bond acceptors (Lipinski definition) is 4. The van der Waals surface area contributed by atoms with Crippen molar-refractivity contribution in [1.29, 1.82) is 0 Å². The van der Waals surface area contributed by atoms with Gasteiger partial charge in [0.2, 0.25) is 0 Å². The van der Waals surface area contributed by atoms with Crippen LogP contribution in [0.25, 0.3) is 0 Å². The monoisotopic (exact) mass is 270 g/mol. The Balaban J connectivity index is 3.26. The summed E-state index contributed by atoms with van der Waals surface area (Å²) in [5.74, 6) is 0. The Kier molecular flexibility index (Phi) is 4.67. The molecule has 0 fully saturated rings. The zero-order valence-corrected chi connectivity index (χ0v) is 10.7. The molecule has 8 nitrogen and oxygen atoms in total. The summed E-state index contributed by atoms with van der Waals surface area (Å²) in [4.78, 5) is 31.4. The van der Waals surface area contributed by atoms with E-state index in [9.17, 15) is 9.59 Å². The second kappa shape index (κ2) is 6.03. The Morgan fingerprint density at radius 3 is 1.58 bits per heavy atom. The molecule has 0 atom stereocenters. The second-order valence-corrected chi connectivity index (χ2v) is 3.55. The molecule has 0 saturated carbocycles. The number of hydroxylamine groups is 2. The third-order valence-corrected chi connectivity index (χ3v) is 2.23. The van der Waals surface area contributed by atoms with Crippen LogP contribution in [0.2, 0.25) is 0 Å². The van der Waals surface area contributed by atoms with Gasteiger partial charge < -0.3 is 10.2 Å². The number of anilines is 2. The zero-order chi connectivity index (χ0) is 14.6. The van der Waals surface area contributed by atoms with Crippen molar-refractivity contribution in [1.82, 2.24) is 0 Å². The van der Waals surface area contributed by atoms with Gasteiger partial charge in [0.15, 0.2) is 0 Å². The third kappa shape index (κ3) is 3.33. The van der Waals surface area contributed by atoms with E-state index in [1.54, 1.807) is 6.92 Å². The van der Waals surface area contributed by atoms with Crippen molar-refractivity contribution in [3.8, 4) is 0 Å². The fourth-order valence-corrected chi connectivity index (χ4v) is 1.57. The average Bonchev–Trinajstić information content (AvgIpc) is 2.28. The summed E-state index contributed by atoms with van der Waals surface area (Å²) in [6, 6.07) is 4.40.